The number of ether oxygens (including phenoxy) is 1. The number of aryl methyl sites for hydroxylation is 1. The van der Waals surface area contributed by atoms with E-state index in [0.29, 0.717) is 24.6 Å². The summed E-state index contributed by atoms with van der Waals surface area (Å²) in [5.41, 5.74) is 0. The number of rotatable bonds is 6. The minimum Gasteiger partial charge on any atom is -0.478 e. The van der Waals surface area contributed by atoms with Crippen molar-refractivity contribution in [1.82, 2.24) is 15.3 Å². The largest absolute Gasteiger partial charge is 0.478 e. The minimum absolute atomic E-state index is 0.599. The molecule has 1 saturated heterocycles. The Morgan fingerprint density at radius 3 is 2.85 bits per heavy atom. The van der Waals surface area contributed by atoms with Crippen LogP contribution >= 0.6 is 0 Å². The van der Waals surface area contributed by atoms with Gasteiger partial charge in [-0.15, -0.1) is 0 Å². The summed E-state index contributed by atoms with van der Waals surface area (Å²) < 4.78 is 5.55. The first-order valence-electron chi connectivity index (χ1n) is 7.74. The van der Waals surface area contributed by atoms with E-state index in [0.717, 1.165) is 24.7 Å². The highest BCUT2D eigenvalue weighted by Crippen LogP contribution is 2.32. The maximum absolute atomic E-state index is 5.55. The quantitative estimate of drug-likeness (QED) is 0.860. The zero-order chi connectivity index (χ0) is 13.9. The first kappa shape index (κ1) is 13.6. The molecule has 1 N–H and O–H groups in total. The van der Waals surface area contributed by atoms with E-state index in [2.05, 4.69) is 20.2 Å². The molecule has 2 fully saturated rings. The van der Waals surface area contributed by atoms with Crippen LogP contribution in [-0.2, 0) is 0 Å². The summed E-state index contributed by atoms with van der Waals surface area (Å²) in [4.78, 5) is 11.4. The number of anilines is 1. The van der Waals surface area contributed by atoms with Crippen molar-refractivity contribution in [3.63, 3.8) is 0 Å². The van der Waals surface area contributed by atoms with Crippen LogP contribution in [0, 0.1) is 6.92 Å². The molecule has 1 aromatic rings. The van der Waals surface area contributed by atoms with E-state index < -0.39 is 0 Å². The molecule has 0 radical (unpaired) electrons. The van der Waals surface area contributed by atoms with Gasteiger partial charge in [0.2, 0.25) is 5.88 Å². The van der Waals surface area contributed by atoms with Gasteiger partial charge in [0.05, 0.1) is 6.61 Å². The minimum atomic E-state index is 0.599. The maximum Gasteiger partial charge on any atom is 0.218 e. The fourth-order valence-corrected chi connectivity index (χ4v) is 2.86. The lowest BCUT2D eigenvalue weighted by Crippen LogP contribution is -2.39. The molecule has 1 aliphatic carbocycles. The molecule has 2 aliphatic rings. The van der Waals surface area contributed by atoms with Gasteiger partial charge in [-0.2, -0.15) is 4.98 Å². The van der Waals surface area contributed by atoms with Gasteiger partial charge in [-0.3, -0.25) is 0 Å². The molecule has 20 heavy (non-hydrogen) atoms. The first-order chi connectivity index (χ1) is 9.76. The van der Waals surface area contributed by atoms with Crippen LogP contribution in [0.25, 0.3) is 0 Å². The van der Waals surface area contributed by atoms with Gasteiger partial charge >= 0.3 is 0 Å². The van der Waals surface area contributed by atoms with Crippen LogP contribution in [0.4, 0.5) is 5.82 Å². The molecule has 1 unspecified atom stereocenters. The van der Waals surface area contributed by atoms with Crippen LogP contribution in [0.15, 0.2) is 6.07 Å². The highest BCUT2D eigenvalue weighted by atomic mass is 16.5. The van der Waals surface area contributed by atoms with E-state index in [9.17, 15) is 0 Å². The Bertz CT molecular complexity index is 455. The molecule has 1 aliphatic heterocycles. The predicted molar refractivity (Wildman–Crippen MR) is 79.3 cm³/mol. The van der Waals surface area contributed by atoms with Crippen molar-refractivity contribution in [2.75, 3.05) is 24.6 Å². The Kier molecular flexibility index (Phi) is 4.05. The molecule has 0 spiro atoms. The van der Waals surface area contributed by atoms with Gasteiger partial charge in [0.25, 0.3) is 0 Å². The summed E-state index contributed by atoms with van der Waals surface area (Å²) in [6.45, 7) is 6.76. The Labute approximate surface area is 120 Å². The summed E-state index contributed by atoms with van der Waals surface area (Å²) in [5.74, 6) is 2.51. The molecular weight excluding hydrogens is 252 g/mol. The SMILES string of the molecule is CCOc1cc(N(CC2CCCN2)C2CC2)nc(C)n1. The monoisotopic (exact) mass is 276 g/mol. The lowest BCUT2D eigenvalue weighted by atomic mass is 10.2. The average Bonchev–Trinajstić information content (AvgIpc) is 3.12. The summed E-state index contributed by atoms with van der Waals surface area (Å²) in [5, 5.41) is 3.58. The van der Waals surface area contributed by atoms with Crippen LogP contribution in [0.3, 0.4) is 0 Å². The fraction of sp³-hybridized carbons (Fsp3) is 0.733. The lowest BCUT2D eigenvalue weighted by Gasteiger charge is -2.27. The Balaban J connectivity index is 1.79. The third-order valence-corrected chi connectivity index (χ3v) is 3.95. The van der Waals surface area contributed by atoms with Crippen molar-refractivity contribution < 1.29 is 4.74 Å². The van der Waals surface area contributed by atoms with Gasteiger partial charge in [0, 0.05) is 24.7 Å². The molecule has 3 rings (SSSR count). The zero-order valence-corrected chi connectivity index (χ0v) is 12.4. The second-order valence-corrected chi connectivity index (χ2v) is 5.72. The predicted octanol–water partition coefficient (Wildman–Crippen LogP) is 1.90. The number of nitrogens with one attached hydrogen (secondary N) is 1. The average molecular weight is 276 g/mol. The smallest absolute Gasteiger partial charge is 0.218 e. The Morgan fingerprint density at radius 2 is 2.20 bits per heavy atom. The molecule has 5 heteroatoms. The zero-order valence-electron chi connectivity index (χ0n) is 12.4. The molecule has 2 heterocycles. The highest BCUT2D eigenvalue weighted by Gasteiger charge is 2.32. The van der Waals surface area contributed by atoms with Crippen molar-refractivity contribution in [1.29, 1.82) is 0 Å². The van der Waals surface area contributed by atoms with Crippen LogP contribution in [0.5, 0.6) is 5.88 Å². The van der Waals surface area contributed by atoms with Gasteiger partial charge in [0.1, 0.15) is 11.6 Å². The molecular formula is C15H24N4O. The third kappa shape index (κ3) is 3.20. The first-order valence-corrected chi connectivity index (χ1v) is 7.74. The van der Waals surface area contributed by atoms with Crippen molar-refractivity contribution >= 4 is 5.82 Å². The summed E-state index contributed by atoms with van der Waals surface area (Å²) in [7, 11) is 0. The van der Waals surface area contributed by atoms with Gasteiger partial charge in [0.15, 0.2) is 0 Å². The van der Waals surface area contributed by atoms with E-state index in [1.807, 2.05) is 19.9 Å². The molecule has 1 atom stereocenters. The third-order valence-electron chi connectivity index (χ3n) is 3.95. The van der Waals surface area contributed by atoms with Crippen LogP contribution in [-0.4, -0.2) is 41.7 Å². The second kappa shape index (κ2) is 5.95. The highest BCUT2D eigenvalue weighted by molar-refractivity contribution is 5.44. The van der Waals surface area contributed by atoms with Crippen molar-refractivity contribution in [2.45, 2.75) is 51.6 Å². The van der Waals surface area contributed by atoms with E-state index in [-0.39, 0.29) is 0 Å². The fourth-order valence-electron chi connectivity index (χ4n) is 2.86. The van der Waals surface area contributed by atoms with Gasteiger partial charge in [-0.25, -0.2) is 4.98 Å². The van der Waals surface area contributed by atoms with E-state index in [1.54, 1.807) is 0 Å². The van der Waals surface area contributed by atoms with Gasteiger partial charge < -0.3 is 15.0 Å². The standard InChI is InChI=1S/C15H24N4O/c1-3-20-15-9-14(17-11(2)18-15)19(13-6-7-13)10-12-5-4-8-16-12/h9,12-13,16H,3-8,10H2,1-2H3. The number of aromatic nitrogens is 2. The van der Waals surface area contributed by atoms with Crippen molar-refractivity contribution in [3.8, 4) is 5.88 Å². The van der Waals surface area contributed by atoms with Gasteiger partial charge in [-0.1, -0.05) is 0 Å². The summed E-state index contributed by atoms with van der Waals surface area (Å²) >= 11 is 0. The topological polar surface area (TPSA) is 50.3 Å². The van der Waals surface area contributed by atoms with Crippen LogP contribution in [0.1, 0.15) is 38.4 Å². The second-order valence-electron chi connectivity index (χ2n) is 5.72. The number of nitrogens with zero attached hydrogens (tertiary/aromatic N) is 3. The molecule has 1 saturated carbocycles. The van der Waals surface area contributed by atoms with E-state index in [4.69, 9.17) is 4.74 Å². The normalized spacial score (nSPS) is 22.0. The maximum atomic E-state index is 5.55. The summed E-state index contributed by atoms with van der Waals surface area (Å²) in [6.07, 6.45) is 5.11. The Morgan fingerprint density at radius 1 is 1.35 bits per heavy atom. The lowest BCUT2D eigenvalue weighted by molar-refractivity contribution is 0.325. The van der Waals surface area contributed by atoms with E-state index >= 15 is 0 Å². The van der Waals surface area contributed by atoms with Crippen molar-refractivity contribution in [2.24, 2.45) is 0 Å². The van der Waals surface area contributed by atoms with E-state index in [1.165, 1.54) is 25.7 Å². The van der Waals surface area contributed by atoms with Crippen molar-refractivity contribution in [3.05, 3.63) is 11.9 Å². The summed E-state index contributed by atoms with van der Waals surface area (Å²) in [6, 6.07) is 3.24. The molecule has 0 aromatic carbocycles. The Hall–Kier alpha value is -1.36. The molecule has 5 nitrogen and oxygen atoms in total. The molecule has 1 aromatic heterocycles. The molecule has 0 bridgehead atoms. The van der Waals surface area contributed by atoms with Gasteiger partial charge in [-0.05, 0) is 46.1 Å². The van der Waals surface area contributed by atoms with Crippen LogP contribution < -0.4 is 15.0 Å². The molecule has 0 amide bonds. The number of hydrogen-bond acceptors (Lipinski definition) is 5. The van der Waals surface area contributed by atoms with Crippen LogP contribution in [0.2, 0.25) is 0 Å². The number of hydrogen-bond donors (Lipinski definition) is 1. The molecule has 110 valence electrons.